The first-order chi connectivity index (χ1) is 27.9. The molecule has 10 rings (SSSR count). The first kappa shape index (κ1) is 40.9. The number of nitrogens with zero attached hydrogens (tertiary/aromatic N) is 2. The molecular weight excluding hydrogens is 977 g/mol. The van der Waals surface area contributed by atoms with Gasteiger partial charge in [0.15, 0.2) is 0 Å². The first-order valence-corrected chi connectivity index (χ1v) is 28.2. The molecule has 295 valence electrons. The van der Waals surface area contributed by atoms with E-state index >= 15 is 0 Å². The molecule has 59 heavy (non-hydrogen) atoms. The van der Waals surface area contributed by atoms with Gasteiger partial charge in [0.25, 0.3) is 0 Å². The molecule has 0 amide bonds. The largest absolute Gasteiger partial charge is 0 e. The zero-order chi connectivity index (χ0) is 40.2. The minimum atomic E-state index is -1.81. The standard InChI is InChI=1S/C33H28NS.C20H18GeNO.Ir/c1-21-16-28-27-19-24(26-11-7-9-23-8-5-6-10-25(23)26)12-13-31(27)35-32(28)29(17-21)30-18-22(14-15-34-30)20-33(2,3)4;1-21(2,3)15-9-10-18(22-13-15)14-8-11-20-17(12-14)16-6-4-5-7-19(16)23-20;/h5-16,18-19H,20H2,1-4H3;4-7,9-13H,1-3H3;/q2*-1;. The molecule has 0 saturated carbocycles. The maximum Gasteiger partial charge on any atom is 0 e. The fourth-order valence-corrected chi connectivity index (χ4v) is 11.3. The molecule has 0 atom stereocenters. The minimum Gasteiger partial charge on any atom is 0 e. The molecule has 0 spiro atoms. The number of aryl methyl sites for hydroxylation is 1. The van der Waals surface area contributed by atoms with Crippen molar-refractivity contribution in [1.29, 1.82) is 0 Å². The predicted molar refractivity (Wildman–Crippen MR) is 251 cm³/mol. The second-order valence-electron chi connectivity index (χ2n) is 17.6. The van der Waals surface area contributed by atoms with E-state index in [0.29, 0.717) is 0 Å². The number of thiophene rings is 1. The van der Waals surface area contributed by atoms with E-state index in [1.165, 1.54) is 52.0 Å². The number of pyridine rings is 2. The topological polar surface area (TPSA) is 38.9 Å². The molecule has 6 aromatic carbocycles. The smallest absolute Gasteiger partial charge is 0 e. The second kappa shape index (κ2) is 16.3. The van der Waals surface area contributed by atoms with Gasteiger partial charge in [-0.05, 0) is 67.7 Å². The summed E-state index contributed by atoms with van der Waals surface area (Å²) in [5, 5.41) is 7.42. The van der Waals surface area contributed by atoms with E-state index in [4.69, 9.17) is 9.40 Å². The van der Waals surface area contributed by atoms with E-state index in [1.807, 2.05) is 48.0 Å². The van der Waals surface area contributed by atoms with Crippen molar-refractivity contribution >= 4 is 81.9 Å². The van der Waals surface area contributed by atoms with Crippen LogP contribution in [0, 0.1) is 24.5 Å². The Morgan fingerprint density at radius 3 is 2.25 bits per heavy atom. The van der Waals surface area contributed by atoms with Gasteiger partial charge in [-0.25, -0.2) is 0 Å². The van der Waals surface area contributed by atoms with Crippen LogP contribution in [-0.4, -0.2) is 23.2 Å². The van der Waals surface area contributed by atoms with Crippen LogP contribution in [-0.2, 0) is 26.5 Å². The summed E-state index contributed by atoms with van der Waals surface area (Å²) in [7, 11) is 0. The maximum atomic E-state index is 5.86. The Kier molecular flexibility index (Phi) is 11.3. The number of fused-ring (bicyclic) bond motifs is 7. The van der Waals surface area contributed by atoms with Crippen molar-refractivity contribution in [3.63, 3.8) is 0 Å². The van der Waals surface area contributed by atoms with Crippen LogP contribution in [0.1, 0.15) is 31.9 Å². The van der Waals surface area contributed by atoms with Gasteiger partial charge in [-0.3, -0.25) is 0 Å². The molecule has 0 aliphatic carbocycles. The molecule has 1 radical (unpaired) electrons. The zero-order valence-electron chi connectivity index (χ0n) is 34.5. The Bertz CT molecular complexity index is 3130. The molecule has 0 aliphatic rings. The minimum absolute atomic E-state index is 0. The Balaban J connectivity index is 0.000000175. The van der Waals surface area contributed by atoms with Gasteiger partial charge in [-0.15, -0.1) is 23.3 Å². The number of benzene rings is 6. The Labute approximate surface area is 367 Å². The summed E-state index contributed by atoms with van der Waals surface area (Å²) in [6.45, 7) is 8.98. The van der Waals surface area contributed by atoms with E-state index < -0.39 is 13.3 Å². The summed E-state index contributed by atoms with van der Waals surface area (Å²) in [5.74, 6) is 7.14. The van der Waals surface area contributed by atoms with Gasteiger partial charge < -0.3 is 4.98 Å². The van der Waals surface area contributed by atoms with Gasteiger partial charge in [-0.1, -0.05) is 93.2 Å². The Morgan fingerprint density at radius 1 is 0.695 bits per heavy atom. The number of para-hydroxylation sites is 1. The quantitative estimate of drug-likeness (QED) is 0.127. The summed E-state index contributed by atoms with van der Waals surface area (Å²) < 4.78 is 9.85. The fourth-order valence-electron chi connectivity index (χ4n) is 7.93. The number of hydrogen-bond donors (Lipinski definition) is 0. The number of hydrogen-bond acceptors (Lipinski definition) is 4. The Hall–Kier alpha value is -4.91. The average molecular weight is 1020 g/mol. The van der Waals surface area contributed by atoms with Crippen molar-refractivity contribution < 1.29 is 24.5 Å². The fraction of sp³-hybridized carbons (Fsp3) is 0.170. The second-order valence-corrected chi connectivity index (χ2v) is 29.3. The van der Waals surface area contributed by atoms with Crippen molar-refractivity contribution in [2.24, 2.45) is 5.41 Å². The molecule has 4 heterocycles. The third-order valence-corrected chi connectivity index (χ3v) is 16.2. The number of rotatable bonds is 5. The average Bonchev–Trinajstić information content (AvgIpc) is 3.77. The summed E-state index contributed by atoms with van der Waals surface area (Å²) >= 11 is 0.0343. The Morgan fingerprint density at radius 2 is 1.47 bits per heavy atom. The molecule has 0 aliphatic heterocycles. The van der Waals surface area contributed by atoms with E-state index in [-0.39, 0.29) is 25.5 Å². The number of aromatic nitrogens is 2. The van der Waals surface area contributed by atoms with Crippen LogP contribution < -0.4 is 4.40 Å². The van der Waals surface area contributed by atoms with Gasteiger partial charge in [0.1, 0.15) is 0 Å². The molecule has 0 fully saturated rings. The van der Waals surface area contributed by atoms with Gasteiger partial charge in [-0.2, -0.15) is 11.3 Å². The molecule has 0 N–H and O–H groups in total. The molecular formula is C53H46GeIrN2OS-2. The molecule has 0 saturated heterocycles. The molecule has 0 unspecified atom stereocenters. The van der Waals surface area contributed by atoms with Crippen LogP contribution in [0.3, 0.4) is 0 Å². The van der Waals surface area contributed by atoms with E-state index in [0.717, 1.165) is 56.4 Å². The van der Waals surface area contributed by atoms with Crippen LogP contribution in [0.15, 0.2) is 144 Å². The maximum absolute atomic E-state index is 5.86. The third kappa shape index (κ3) is 8.45. The van der Waals surface area contributed by atoms with Gasteiger partial charge >= 0.3 is 138 Å². The van der Waals surface area contributed by atoms with E-state index in [1.54, 1.807) is 0 Å². The van der Waals surface area contributed by atoms with Crippen LogP contribution in [0.5, 0.6) is 0 Å². The van der Waals surface area contributed by atoms with Crippen molar-refractivity contribution in [1.82, 2.24) is 9.97 Å². The summed E-state index contributed by atoms with van der Waals surface area (Å²) in [6.07, 6.45) is 5.02. The summed E-state index contributed by atoms with van der Waals surface area (Å²) in [5.41, 5.74) is 11.1. The predicted octanol–water partition coefficient (Wildman–Crippen LogP) is 14.6. The molecule has 10 aromatic rings. The summed E-state index contributed by atoms with van der Waals surface area (Å²) in [6, 6.07) is 52.2. The van der Waals surface area contributed by atoms with Gasteiger partial charge in [0.2, 0.25) is 0 Å². The molecule has 6 heteroatoms. The summed E-state index contributed by atoms with van der Waals surface area (Å²) in [4.78, 5) is 9.45. The third-order valence-electron chi connectivity index (χ3n) is 10.8. The monoisotopic (exact) mass is 1030 g/mol. The molecule has 4 aromatic heterocycles. The molecule has 0 bridgehead atoms. The van der Waals surface area contributed by atoms with Crippen LogP contribution >= 0.6 is 11.3 Å². The van der Waals surface area contributed by atoms with Crippen molar-refractivity contribution in [2.75, 3.05) is 0 Å². The van der Waals surface area contributed by atoms with Gasteiger partial charge in [0.05, 0.1) is 0 Å². The van der Waals surface area contributed by atoms with E-state index in [9.17, 15) is 0 Å². The normalized spacial score (nSPS) is 11.9. The first-order valence-electron chi connectivity index (χ1n) is 20.0. The number of furan rings is 1. The van der Waals surface area contributed by atoms with Crippen LogP contribution in [0.2, 0.25) is 17.3 Å². The van der Waals surface area contributed by atoms with Crippen LogP contribution in [0.25, 0.3) is 86.5 Å². The zero-order valence-corrected chi connectivity index (χ0v) is 39.8. The van der Waals surface area contributed by atoms with Crippen molar-refractivity contribution in [3.8, 4) is 33.6 Å². The van der Waals surface area contributed by atoms with Crippen LogP contribution in [0.4, 0.5) is 0 Å². The van der Waals surface area contributed by atoms with Crippen molar-refractivity contribution in [2.45, 2.75) is 51.4 Å². The van der Waals surface area contributed by atoms with Crippen molar-refractivity contribution in [3.05, 3.63) is 163 Å². The van der Waals surface area contributed by atoms with E-state index in [2.05, 4.69) is 165 Å². The molecule has 3 nitrogen and oxygen atoms in total. The SMILES string of the molecule is Cc1[c-]c(-c2cc(CC(C)(C)C)ccn2)c2sc3ccc(-c4cccc5ccccc45)cc3c2c1.[CH3][Ge]([CH3])([CH3])[c]1ccc(-c2[c-]cc3oc4ccccc4c3c2)nc1.[Ir]. The van der Waals surface area contributed by atoms with Gasteiger partial charge in [0, 0.05) is 31.0 Å².